The van der Waals surface area contributed by atoms with E-state index in [0.717, 1.165) is 24.5 Å². The molecule has 1 aromatic heterocycles. The first-order valence-corrected chi connectivity index (χ1v) is 7.41. The molecule has 1 heterocycles. The molecule has 2 rings (SSSR count). The third-order valence-electron chi connectivity index (χ3n) is 3.46. The fourth-order valence-electron chi connectivity index (χ4n) is 2.29. The van der Waals surface area contributed by atoms with Gasteiger partial charge in [-0.3, -0.25) is 10.1 Å². The lowest BCUT2D eigenvalue weighted by Crippen LogP contribution is -2.42. The van der Waals surface area contributed by atoms with Crippen LogP contribution in [0.1, 0.15) is 25.6 Å². The molecule has 138 valence electrons. The minimum atomic E-state index is -1.34. The van der Waals surface area contributed by atoms with Crippen LogP contribution in [0, 0.1) is 21.8 Å². The Kier molecular flexibility index (Phi) is 5.62. The third-order valence-corrected chi connectivity index (χ3v) is 3.46. The van der Waals surface area contributed by atoms with E-state index < -0.39 is 28.6 Å². The van der Waals surface area contributed by atoms with Gasteiger partial charge < -0.3 is 9.84 Å². The van der Waals surface area contributed by atoms with Crippen molar-refractivity contribution in [3.8, 4) is 11.6 Å². The zero-order valence-corrected chi connectivity index (χ0v) is 13.9. The molecule has 0 bridgehead atoms. The Morgan fingerprint density at radius 2 is 2.08 bits per heavy atom. The average Bonchev–Trinajstić information content (AvgIpc) is 2.56. The molecular weight excluding hydrogens is 349 g/mol. The number of ether oxygens (including phenoxy) is 1. The largest absolute Gasteiger partial charge is 0.464 e. The van der Waals surface area contributed by atoms with Gasteiger partial charge in [0.2, 0.25) is 5.88 Å². The van der Waals surface area contributed by atoms with Crippen molar-refractivity contribution in [3.63, 3.8) is 0 Å². The molecule has 1 unspecified atom stereocenters. The topological polar surface area (TPSA) is 145 Å². The fraction of sp³-hybridized carbons (Fsp3) is 0.267. The molecule has 0 aliphatic rings. The number of hydrazine groups is 1. The summed E-state index contributed by atoms with van der Waals surface area (Å²) in [6.07, 6.45) is -0.217. The van der Waals surface area contributed by atoms with Crippen LogP contribution in [0.15, 0.2) is 30.6 Å². The number of hydrogen-bond acceptors (Lipinski definition) is 7. The highest BCUT2D eigenvalue weighted by Gasteiger charge is 2.27. The van der Waals surface area contributed by atoms with Crippen molar-refractivity contribution in [2.24, 2.45) is 11.8 Å². The minimum Gasteiger partial charge on any atom is -0.464 e. The van der Waals surface area contributed by atoms with Crippen LogP contribution in [0.2, 0.25) is 0 Å². The molecule has 0 saturated heterocycles. The number of hydrogen-bond donors (Lipinski definition) is 2. The molecule has 0 fully saturated rings. The van der Waals surface area contributed by atoms with Crippen LogP contribution in [-0.4, -0.2) is 31.1 Å². The van der Waals surface area contributed by atoms with Gasteiger partial charge >= 0.3 is 6.09 Å². The van der Waals surface area contributed by atoms with Gasteiger partial charge in [0, 0.05) is 12.1 Å². The highest BCUT2D eigenvalue weighted by atomic mass is 19.1. The van der Waals surface area contributed by atoms with E-state index in [9.17, 15) is 19.3 Å². The quantitative estimate of drug-likeness (QED) is 0.344. The summed E-state index contributed by atoms with van der Waals surface area (Å²) in [7, 11) is 0. The molecule has 0 aliphatic heterocycles. The first-order chi connectivity index (χ1) is 12.2. The molecule has 1 aromatic carbocycles. The highest BCUT2D eigenvalue weighted by Crippen LogP contribution is 2.30. The maximum atomic E-state index is 13.9. The Balaban J connectivity index is 2.31. The Morgan fingerprint density at radius 1 is 1.38 bits per heavy atom. The van der Waals surface area contributed by atoms with Gasteiger partial charge in [0.05, 0.1) is 22.7 Å². The summed E-state index contributed by atoms with van der Waals surface area (Å²) in [4.78, 5) is 28.9. The summed E-state index contributed by atoms with van der Waals surface area (Å²) >= 11 is 0. The number of halogens is 1. The normalized spacial score (nSPS) is 11.9. The van der Waals surface area contributed by atoms with Gasteiger partial charge in [-0.2, -0.15) is 0 Å². The van der Waals surface area contributed by atoms with Crippen molar-refractivity contribution in [2.75, 3.05) is 0 Å². The van der Waals surface area contributed by atoms with E-state index in [1.54, 1.807) is 13.8 Å². The second-order valence-corrected chi connectivity index (χ2v) is 5.63. The minimum absolute atomic E-state index is 0.0628. The SMILES string of the molecule is CC(C)C(c1cc(Oc2ccc([N+](=O)[O-])cc2F)ncn1)N(N)C(=O)O. The summed E-state index contributed by atoms with van der Waals surface area (Å²) in [5.74, 6) is 4.09. The van der Waals surface area contributed by atoms with Crippen LogP contribution >= 0.6 is 0 Å². The zero-order valence-electron chi connectivity index (χ0n) is 13.9. The summed E-state index contributed by atoms with van der Waals surface area (Å²) in [6, 6.07) is 3.46. The number of carboxylic acid groups (broad SMARTS) is 1. The van der Waals surface area contributed by atoms with Crippen molar-refractivity contribution in [1.29, 1.82) is 0 Å². The smallest absolute Gasteiger partial charge is 0.422 e. The Labute approximate surface area is 147 Å². The molecule has 1 amide bonds. The van der Waals surface area contributed by atoms with Gasteiger partial charge in [0.1, 0.15) is 6.33 Å². The van der Waals surface area contributed by atoms with Crippen LogP contribution in [0.3, 0.4) is 0 Å². The number of benzene rings is 1. The van der Waals surface area contributed by atoms with Crippen LogP contribution in [0.4, 0.5) is 14.9 Å². The molecule has 11 heteroatoms. The number of nitro benzene ring substituents is 1. The molecule has 0 radical (unpaired) electrons. The Bertz CT molecular complexity index is 832. The Hall–Kier alpha value is -3.34. The number of rotatable bonds is 6. The highest BCUT2D eigenvalue weighted by molar-refractivity contribution is 5.64. The van der Waals surface area contributed by atoms with Crippen LogP contribution in [0.25, 0.3) is 0 Å². The van der Waals surface area contributed by atoms with E-state index in [1.807, 2.05) is 0 Å². The maximum Gasteiger partial charge on any atom is 0.422 e. The van der Waals surface area contributed by atoms with E-state index in [1.165, 1.54) is 6.07 Å². The Morgan fingerprint density at radius 3 is 2.62 bits per heavy atom. The summed E-state index contributed by atoms with van der Waals surface area (Å²) in [5.41, 5.74) is -0.157. The molecule has 26 heavy (non-hydrogen) atoms. The molecular formula is C15H16FN5O5. The molecule has 0 aliphatic carbocycles. The van der Waals surface area contributed by atoms with Gasteiger partial charge in [-0.05, 0) is 12.0 Å². The van der Waals surface area contributed by atoms with E-state index in [4.69, 9.17) is 15.7 Å². The van der Waals surface area contributed by atoms with Gasteiger partial charge in [-0.1, -0.05) is 13.8 Å². The average molecular weight is 365 g/mol. The van der Waals surface area contributed by atoms with Crippen molar-refractivity contribution < 1.29 is 24.0 Å². The lowest BCUT2D eigenvalue weighted by Gasteiger charge is -2.27. The lowest BCUT2D eigenvalue weighted by molar-refractivity contribution is -0.385. The second-order valence-electron chi connectivity index (χ2n) is 5.63. The molecule has 0 spiro atoms. The van der Waals surface area contributed by atoms with E-state index in [-0.39, 0.29) is 23.2 Å². The maximum absolute atomic E-state index is 13.9. The fourth-order valence-corrected chi connectivity index (χ4v) is 2.29. The molecule has 2 aromatic rings. The van der Waals surface area contributed by atoms with Crippen LogP contribution in [0.5, 0.6) is 11.6 Å². The van der Waals surface area contributed by atoms with Gasteiger partial charge in [0.25, 0.3) is 5.69 Å². The van der Waals surface area contributed by atoms with Gasteiger partial charge in [0.15, 0.2) is 11.6 Å². The first-order valence-electron chi connectivity index (χ1n) is 7.41. The van der Waals surface area contributed by atoms with Crippen molar-refractivity contribution >= 4 is 11.8 Å². The predicted molar refractivity (Wildman–Crippen MR) is 86.8 cm³/mol. The van der Waals surface area contributed by atoms with Gasteiger partial charge in [-0.15, -0.1) is 0 Å². The molecule has 1 atom stereocenters. The number of carbonyl (C=O) groups is 1. The number of nitro groups is 1. The number of non-ortho nitro benzene ring substituents is 1. The third kappa shape index (κ3) is 4.19. The van der Waals surface area contributed by atoms with E-state index >= 15 is 0 Å². The van der Waals surface area contributed by atoms with Crippen molar-refractivity contribution in [3.05, 3.63) is 52.2 Å². The van der Waals surface area contributed by atoms with Gasteiger partial charge in [-0.25, -0.2) is 30.0 Å². The number of nitrogens with two attached hydrogens (primary N) is 1. The number of amides is 1. The first kappa shape index (κ1) is 19.0. The number of aromatic nitrogens is 2. The standard InChI is InChI=1S/C15H16FN5O5/c1-8(2)14(20(17)15(22)23)11-6-13(19-7-18-11)26-12-4-3-9(21(24)25)5-10(12)16/h3-8,14H,17H2,1-2H3,(H,22,23). The predicted octanol–water partition coefficient (Wildman–Crippen LogP) is 2.87. The zero-order chi connectivity index (χ0) is 19.4. The van der Waals surface area contributed by atoms with Crippen molar-refractivity contribution in [1.82, 2.24) is 15.0 Å². The second kappa shape index (κ2) is 7.70. The number of nitrogens with zero attached hydrogens (tertiary/aromatic N) is 4. The van der Waals surface area contributed by atoms with Crippen molar-refractivity contribution in [2.45, 2.75) is 19.9 Å². The van der Waals surface area contributed by atoms with Crippen LogP contribution in [-0.2, 0) is 0 Å². The monoisotopic (exact) mass is 365 g/mol. The lowest BCUT2D eigenvalue weighted by atomic mass is 10.0. The summed E-state index contributed by atoms with van der Waals surface area (Å²) in [6.45, 7) is 3.51. The van der Waals surface area contributed by atoms with Crippen LogP contribution < -0.4 is 10.6 Å². The summed E-state index contributed by atoms with van der Waals surface area (Å²) < 4.78 is 19.2. The molecule has 10 nitrogen and oxygen atoms in total. The molecule has 3 N–H and O–H groups in total. The summed E-state index contributed by atoms with van der Waals surface area (Å²) in [5, 5.41) is 20.3. The molecule has 0 saturated carbocycles. The van der Waals surface area contributed by atoms with E-state index in [2.05, 4.69) is 9.97 Å². The van der Waals surface area contributed by atoms with E-state index in [0.29, 0.717) is 5.01 Å².